The number of hydrogen-bond donors (Lipinski definition) is 3. The van der Waals surface area contributed by atoms with Crippen LogP contribution in [0.25, 0.3) is 0 Å². The molecule has 0 radical (unpaired) electrons. The van der Waals surface area contributed by atoms with Crippen molar-refractivity contribution in [1.29, 1.82) is 0 Å². The van der Waals surface area contributed by atoms with Gasteiger partial charge in [-0.3, -0.25) is 0 Å². The van der Waals surface area contributed by atoms with Crippen LogP contribution in [-0.2, 0) is 0 Å². The molecule has 3 aromatic rings. The van der Waals surface area contributed by atoms with Crippen molar-refractivity contribution in [3.63, 3.8) is 0 Å². The first-order valence-electron chi connectivity index (χ1n) is 7.48. The molecule has 0 aliphatic rings. The van der Waals surface area contributed by atoms with E-state index < -0.39 is 5.97 Å². The Morgan fingerprint density at radius 2 is 1.96 bits per heavy atom. The normalized spacial score (nSPS) is 10.3. The molecule has 6 nitrogen and oxygen atoms in total. The minimum Gasteiger partial charge on any atom is -0.478 e. The monoisotopic (exact) mass is 398 g/mol. The van der Waals surface area contributed by atoms with E-state index in [1.54, 1.807) is 30.5 Å². The predicted octanol–water partition coefficient (Wildman–Crippen LogP) is 4.73. The van der Waals surface area contributed by atoms with Crippen molar-refractivity contribution >= 4 is 45.0 Å². The van der Waals surface area contributed by atoms with E-state index in [4.69, 9.17) is 5.11 Å². The van der Waals surface area contributed by atoms with Gasteiger partial charge in [-0.15, -0.1) is 0 Å². The van der Waals surface area contributed by atoms with E-state index >= 15 is 0 Å². The highest BCUT2D eigenvalue weighted by atomic mass is 79.9. The van der Waals surface area contributed by atoms with Gasteiger partial charge in [-0.1, -0.05) is 22.0 Å². The molecular formula is C18H15BrN4O2. The number of aromatic nitrogens is 2. The van der Waals surface area contributed by atoms with Crippen molar-refractivity contribution in [2.75, 3.05) is 10.6 Å². The maximum absolute atomic E-state index is 11.1. The zero-order valence-corrected chi connectivity index (χ0v) is 14.9. The standard InChI is InChI=1S/C18H15BrN4O2/c1-11-9-13(19)5-6-15(11)22-18-20-8-7-16(23-18)21-14-4-2-3-12(10-14)17(24)25/h2-10H,1H3,(H,24,25)(H2,20,21,22,23). The highest BCUT2D eigenvalue weighted by Crippen LogP contribution is 2.23. The Labute approximate surface area is 153 Å². The van der Waals surface area contributed by atoms with Crippen molar-refractivity contribution in [2.24, 2.45) is 0 Å². The van der Waals surface area contributed by atoms with E-state index in [1.807, 2.05) is 25.1 Å². The Kier molecular flexibility index (Phi) is 4.95. The van der Waals surface area contributed by atoms with Crippen LogP contribution in [0.5, 0.6) is 0 Å². The Hall–Kier alpha value is -2.93. The topological polar surface area (TPSA) is 87.1 Å². The number of rotatable bonds is 5. The summed E-state index contributed by atoms with van der Waals surface area (Å²) in [6, 6.07) is 14.1. The lowest BCUT2D eigenvalue weighted by Gasteiger charge is -2.10. The molecular weight excluding hydrogens is 384 g/mol. The predicted molar refractivity (Wildman–Crippen MR) is 101 cm³/mol. The molecule has 0 aliphatic carbocycles. The molecule has 7 heteroatoms. The molecule has 126 valence electrons. The second-order valence-corrected chi connectivity index (χ2v) is 6.28. The number of anilines is 4. The number of carbonyl (C=O) groups is 1. The number of carboxylic acid groups (broad SMARTS) is 1. The molecule has 0 aliphatic heterocycles. The van der Waals surface area contributed by atoms with E-state index in [9.17, 15) is 4.79 Å². The quantitative estimate of drug-likeness (QED) is 0.575. The number of nitrogens with one attached hydrogen (secondary N) is 2. The van der Waals surface area contributed by atoms with Gasteiger partial charge in [0.25, 0.3) is 0 Å². The summed E-state index contributed by atoms with van der Waals surface area (Å²) >= 11 is 3.44. The Morgan fingerprint density at radius 1 is 1.12 bits per heavy atom. The highest BCUT2D eigenvalue weighted by molar-refractivity contribution is 9.10. The molecule has 0 amide bonds. The minimum absolute atomic E-state index is 0.211. The molecule has 25 heavy (non-hydrogen) atoms. The third-order valence-electron chi connectivity index (χ3n) is 3.47. The molecule has 0 unspecified atom stereocenters. The summed E-state index contributed by atoms with van der Waals surface area (Å²) in [6.45, 7) is 1.99. The van der Waals surface area contributed by atoms with Gasteiger partial charge in [0.1, 0.15) is 5.82 Å². The van der Waals surface area contributed by atoms with Gasteiger partial charge >= 0.3 is 5.97 Å². The molecule has 0 atom stereocenters. The summed E-state index contributed by atoms with van der Waals surface area (Å²) in [5, 5.41) is 15.3. The molecule has 0 spiro atoms. The molecule has 0 bridgehead atoms. The third-order valence-corrected chi connectivity index (χ3v) is 3.97. The van der Waals surface area contributed by atoms with Crippen LogP contribution in [-0.4, -0.2) is 21.0 Å². The molecule has 1 aromatic heterocycles. The number of nitrogens with zero attached hydrogens (tertiary/aromatic N) is 2. The van der Waals surface area contributed by atoms with E-state index in [2.05, 4.69) is 36.5 Å². The van der Waals surface area contributed by atoms with E-state index in [-0.39, 0.29) is 5.56 Å². The fraction of sp³-hybridized carbons (Fsp3) is 0.0556. The third kappa shape index (κ3) is 4.33. The Bertz CT molecular complexity index is 930. The number of aryl methyl sites for hydroxylation is 1. The van der Waals surface area contributed by atoms with E-state index in [0.29, 0.717) is 17.5 Å². The molecule has 3 rings (SSSR count). The molecule has 3 N–H and O–H groups in total. The highest BCUT2D eigenvalue weighted by Gasteiger charge is 2.06. The van der Waals surface area contributed by atoms with Gasteiger partial charge in [0, 0.05) is 22.0 Å². The first kappa shape index (κ1) is 16.9. The fourth-order valence-corrected chi connectivity index (χ4v) is 2.73. The lowest BCUT2D eigenvalue weighted by Crippen LogP contribution is -2.02. The average Bonchev–Trinajstić information content (AvgIpc) is 2.58. The van der Waals surface area contributed by atoms with Crippen LogP contribution in [0.15, 0.2) is 59.2 Å². The maximum Gasteiger partial charge on any atom is 0.335 e. The SMILES string of the molecule is Cc1cc(Br)ccc1Nc1nccc(Nc2cccc(C(=O)O)c2)n1. The Balaban J connectivity index is 1.79. The Morgan fingerprint density at radius 3 is 2.72 bits per heavy atom. The summed E-state index contributed by atoms with van der Waals surface area (Å²) in [5.74, 6) is 0.0408. The van der Waals surface area contributed by atoms with Gasteiger partial charge in [-0.2, -0.15) is 4.98 Å². The van der Waals surface area contributed by atoms with Crippen molar-refractivity contribution in [3.05, 3.63) is 70.3 Å². The first-order chi connectivity index (χ1) is 12.0. The molecule has 2 aromatic carbocycles. The summed E-state index contributed by atoms with van der Waals surface area (Å²) in [7, 11) is 0. The number of benzene rings is 2. The van der Waals surface area contributed by atoms with Gasteiger partial charge in [0.15, 0.2) is 0 Å². The summed E-state index contributed by atoms with van der Waals surface area (Å²) in [5.41, 5.74) is 2.82. The number of halogens is 1. The van der Waals surface area contributed by atoms with Gasteiger partial charge in [0.2, 0.25) is 5.95 Å². The zero-order chi connectivity index (χ0) is 17.8. The second-order valence-electron chi connectivity index (χ2n) is 5.36. The first-order valence-corrected chi connectivity index (χ1v) is 8.27. The van der Waals surface area contributed by atoms with Gasteiger partial charge in [-0.25, -0.2) is 9.78 Å². The van der Waals surface area contributed by atoms with Gasteiger partial charge < -0.3 is 15.7 Å². The van der Waals surface area contributed by atoms with Crippen LogP contribution >= 0.6 is 15.9 Å². The van der Waals surface area contributed by atoms with Crippen LogP contribution < -0.4 is 10.6 Å². The summed E-state index contributed by atoms with van der Waals surface area (Å²) in [6.07, 6.45) is 1.63. The minimum atomic E-state index is -0.973. The average molecular weight is 399 g/mol. The van der Waals surface area contributed by atoms with E-state index in [1.165, 1.54) is 6.07 Å². The summed E-state index contributed by atoms with van der Waals surface area (Å²) in [4.78, 5) is 19.7. The van der Waals surface area contributed by atoms with Crippen molar-refractivity contribution in [1.82, 2.24) is 9.97 Å². The largest absolute Gasteiger partial charge is 0.478 e. The number of carboxylic acids is 1. The van der Waals surface area contributed by atoms with Crippen molar-refractivity contribution < 1.29 is 9.90 Å². The lowest BCUT2D eigenvalue weighted by molar-refractivity contribution is 0.0697. The lowest BCUT2D eigenvalue weighted by atomic mass is 10.2. The molecule has 0 fully saturated rings. The zero-order valence-electron chi connectivity index (χ0n) is 13.3. The van der Waals surface area contributed by atoms with Crippen LogP contribution in [0.4, 0.5) is 23.1 Å². The van der Waals surface area contributed by atoms with Crippen molar-refractivity contribution in [3.8, 4) is 0 Å². The molecule has 1 heterocycles. The van der Waals surface area contributed by atoms with Gasteiger partial charge in [-0.05, 0) is 55.0 Å². The van der Waals surface area contributed by atoms with Crippen LogP contribution in [0, 0.1) is 6.92 Å². The summed E-state index contributed by atoms with van der Waals surface area (Å²) < 4.78 is 1.00. The van der Waals surface area contributed by atoms with E-state index in [0.717, 1.165) is 15.7 Å². The van der Waals surface area contributed by atoms with Crippen molar-refractivity contribution in [2.45, 2.75) is 6.92 Å². The molecule has 0 saturated heterocycles. The van der Waals surface area contributed by atoms with Crippen LogP contribution in [0.2, 0.25) is 0 Å². The van der Waals surface area contributed by atoms with Crippen LogP contribution in [0.1, 0.15) is 15.9 Å². The smallest absolute Gasteiger partial charge is 0.335 e. The fourth-order valence-electron chi connectivity index (χ4n) is 2.25. The van der Waals surface area contributed by atoms with Crippen LogP contribution in [0.3, 0.4) is 0 Å². The second kappa shape index (κ2) is 7.31. The number of hydrogen-bond acceptors (Lipinski definition) is 5. The maximum atomic E-state index is 11.1. The molecule has 0 saturated carbocycles. The van der Waals surface area contributed by atoms with Gasteiger partial charge in [0.05, 0.1) is 5.56 Å². The number of aromatic carboxylic acids is 1.